The predicted molar refractivity (Wildman–Crippen MR) is 163 cm³/mol. The van der Waals surface area contributed by atoms with E-state index in [9.17, 15) is 19.2 Å². The minimum Gasteiger partial charge on any atom is -0.461 e. The summed E-state index contributed by atoms with van der Waals surface area (Å²) in [5.74, 6) is -1.59. The standard InChI is InChI=1S/C31H28Cl2N6O6/c1-36-14-24-26(34-16-38(24)22-8-6-18(32)12-20(22)28(36)40)30(42)44-10-4-3-5-11-45-31(43)27-25-15-37(2)29(41)21-13-19(33)7-9-23(21)39(25)17-35-27/h6-9,12-13,16-17H,3-5,10-11,14-15H2,1-2H3. The monoisotopic (exact) mass is 650 g/mol. The Balaban J connectivity index is 1.00. The molecule has 0 fully saturated rings. The number of hydrogen-bond donors (Lipinski definition) is 0. The number of carbonyl (C=O) groups excluding carboxylic acids is 4. The highest BCUT2D eigenvalue weighted by atomic mass is 35.5. The molecule has 232 valence electrons. The first-order valence-electron chi connectivity index (χ1n) is 14.2. The van der Waals surface area contributed by atoms with Gasteiger partial charge >= 0.3 is 11.9 Å². The second kappa shape index (κ2) is 12.4. The SMILES string of the molecule is CN1Cc2c(C(=O)OCCCCCOC(=O)c3ncn4c3CN(C)C(=O)c3cc(Cl)ccc3-4)ncn2-c2ccc(Cl)cc2C1=O. The maximum atomic E-state index is 12.9. The summed E-state index contributed by atoms with van der Waals surface area (Å²) in [4.78, 5) is 63.1. The molecule has 12 nitrogen and oxygen atoms in total. The molecule has 0 saturated carbocycles. The van der Waals surface area contributed by atoms with Crippen LogP contribution in [0.5, 0.6) is 0 Å². The molecule has 2 aliphatic heterocycles. The fourth-order valence-electron chi connectivity index (χ4n) is 5.44. The van der Waals surface area contributed by atoms with Crippen LogP contribution in [0.3, 0.4) is 0 Å². The Hall–Kier alpha value is -4.68. The molecule has 0 radical (unpaired) electrons. The summed E-state index contributed by atoms with van der Waals surface area (Å²) in [6.45, 7) is 0.652. The van der Waals surface area contributed by atoms with E-state index in [1.807, 2.05) is 0 Å². The van der Waals surface area contributed by atoms with Gasteiger partial charge in [0.2, 0.25) is 0 Å². The maximum absolute atomic E-state index is 12.9. The van der Waals surface area contributed by atoms with Gasteiger partial charge in [-0.05, 0) is 55.7 Å². The van der Waals surface area contributed by atoms with E-state index in [-0.39, 0.29) is 49.5 Å². The molecule has 0 N–H and O–H groups in total. The van der Waals surface area contributed by atoms with E-state index in [1.165, 1.54) is 22.5 Å². The van der Waals surface area contributed by atoms with Crippen molar-refractivity contribution >= 4 is 47.0 Å². The molecule has 0 unspecified atom stereocenters. The van der Waals surface area contributed by atoms with Gasteiger partial charge in [-0.25, -0.2) is 19.6 Å². The van der Waals surface area contributed by atoms with Crippen LogP contribution in [0.2, 0.25) is 10.0 Å². The minimum absolute atomic E-state index is 0.142. The number of carbonyl (C=O) groups is 4. The molecule has 6 rings (SSSR count). The van der Waals surface area contributed by atoms with Gasteiger partial charge < -0.3 is 19.3 Å². The summed E-state index contributed by atoms with van der Waals surface area (Å²) >= 11 is 12.2. The van der Waals surface area contributed by atoms with Gasteiger partial charge in [-0.2, -0.15) is 0 Å². The van der Waals surface area contributed by atoms with Crippen LogP contribution < -0.4 is 0 Å². The van der Waals surface area contributed by atoms with E-state index in [0.29, 0.717) is 63.2 Å². The zero-order valence-electron chi connectivity index (χ0n) is 24.5. The molecule has 0 spiro atoms. The number of benzene rings is 2. The fourth-order valence-corrected chi connectivity index (χ4v) is 5.78. The summed E-state index contributed by atoms with van der Waals surface area (Å²) in [6, 6.07) is 10.00. The molecule has 4 aromatic rings. The number of rotatable bonds is 8. The molecular weight excluding hydrogens is 623 g/mol. The summed E-state index contributed by atoms with van der Waals surface area (Å²) in [5.41, 5.74) is 3.39. The number of imidazole rings is 2. The third kappa shape index (κ3) is 5.78. The number of aromatic nitrogens is 4. The van der Waals surface area contributed by atoms with Gasteiger partial charge in [-0.15, -0.1) is 0 Å². The van der Waals surface area contributed by atoms with Crippen molar-refractivity contribution in [2.75, 3.05) is 27.3 Å². The molecule has 4 heterocycles. The molecule has 2 aromatic carbocycles. The molecule has 0 atom stereocenters. The summed E-state index contributed by atoms with van der Waals surface area (Å²) in [7, 11) is 3.30. The van der Waals surface area contributed by atoms with Gasteiger partial charge in [-0.1, -0.05) is 23.2 Å². The zero-order chi connectivity index (χ0) is 31.8. The Morgan fingerprint density at radius 3 is 1.56 bits per heavy atom. The molecule has 2 amide bonds. The highest BCUT2D eigenvalue weighted by molar-refractivity contribution is 6.31. The van der Waals surface area contributed by atoms with E-state index in [0.717, 1.165) is 0 Å². The lowest BCUT2D eigenvalue weighted by atomic mass is 10.1. The molecule has 0 aliphatic carbocycles. The van der Waals surface area contributed by atoms with Crippen molar-refractivity contribution in [3.63, 3.8) is 0 Å². The van der Waals surface area contributed by atoms with Crippen molar-refractivity contribution in [1.29, 1.82) is 0 Å². The normalized spacial score (nSPS) is 13.8. The summed E-state index contributed by atoms with van der Waals surface area (Å²) in [5, 5.41) is 0.874. The number of ether oxygens (including phenoxy) is 2. The van der Waals surface area contributed by atoms with Gasteiger partial charge in [0.15, 0.2) is 11.4 Å². The molecule has 0 saturated heterocycles. The van der Waals surface area contributed by atoms with Crippen LogP contribution in [0.4, 0.5) is 0 Å². The average molecular weight is 652 g/mol. The highest BCUT2D eigenvalue weighted by Crippen LogP contribution is 2.29. The van der Waals surface area contributed by atoms with Gasteiger partial charge in [0.1, 0.15) is 12.7 Å². The molecule has 45 heavy (non-hydrogen) atoms. The van der Waals surface area contributed by atoms with E-state index in [2.05, 4.69) is 9.97 Å². The van der Waals surface area contributed by atoms with Gasteiger partial charge in [0, 0.05) is 24.1 Å². The second-order valence-corrected chi connectivity index (χ2v) is 11.7. The van der Waals surface area contributed by atoms with E-state index in [4.69, 9.17) is 32.7 Å². The number of nitrogens with zero attached hydrogens (tertiary/aromatic N) is 6. The number of fused-ring (bicyclic) bond motifs is 6. The first-order valence-corrected chi connectivity index (χ1v) is 15.0. The van der Waals surface area contributed by atoms with Crippen LogP contribution in [-0.2, 0) is 22.6 Å². The van der Waals surface area contributed by atoms with Gasteiger partial charge in [0.25, 0.3) is 11.8 Å². The maximum Gasteiger partial charge on any atom is 0.358 e. The van der Waals surface area contributed by atoms with Crippen molar-refractivity contribution < 1.29 is 28.7 Å². The lowest BCUT2D eigenvalue weighted by Crippen LogP contribution is -2.26. The average Bonchev–Trinajstić information content (AvgIpc) is 3.58. The Labute approximate surface area is 268 Å². The van der Waals surface area contributed by atoms with Crippen LogP contribution in [0.25, 0.3) is 11.4 Å². The summed E-state index contributed by atoms with van der Waals surface area (Å²) in [6.07, 6.45) is 4.74. The smallest absolute Gasteiger partial charge is 0.358 e. The van der Waals surface area contributed by atoms with Crippen LogP contribution in [0.15, 0.2) is 49.1 Å². The highest BCUT2D eigenvalue weighted by Gasteiger charge is 2.30. The van der Waals surface area contributed by atoms with Gasteiger partial charge in [-0.3, -0.25) is 18.7 Å². The Morgan fingerprint density at radius 2 is 1.13 bits per heavy atom. The van der Waals surface area contributed by atoms with Crippen LogP contribution >= 0.6 is 23.2 Å². The predicted octanol–water partition coefficient (Wildman–Crippen LogP) is 4.72. The number of esters is 2. The van der Waals surface area contributed by atoms with Crippen molar-refractivity contribution in [2.24, 2.45) is 0 Å². The van der Waals surface area contributed by atoms with Crippen LogP contribution in [-0.4, -0.2) is 80.0 Å². The lowest BCUT2D eigenvalue weighted by molar-refractivity contribution is 0.0466. The number of hydrogen-bond acceptors (Lipinski definition) is 8. The lowest BCUT2D eigenvalue weighted by Gasteiger charge is -2.14. The van der Waals surface area contributed by atoms with Crippen molar-refractivity contribution in [3.05, 3.63) is 93.0 Å². The van der Waals surface area contributed by atoms with Gasteiger partial charge in [0.05, 0.1) is 60.2 Å². The summed E-state index contributed by atoms with van der Waals surface area (Å²) < 4.78 is 14.4. The second-order valence-electron chi connectivity index (χ2n) is 10.8. The van der Waals surface area contributed by atoms with Crippen molar-refractivity contribution in [1.82, 2.24) is 28.9 Å². The molecule has 14 heteroatoms. The quantitative estimate of drug-likeness (QED) is 0.198. The Bertz CT molecular complexity index is 1720. The molecule has 2 aliphatic rings. The number of unbranched alkanes of at least 4 members (excludes halogenated alkanes) is 2. The topological polar surface area (TPSA) is 129 Å². The largest absolute Gasteiger partial charge is 0.461 e. The van der Waals surface area contributed by atoms with Crippen LogP contribution in [0.1, 0.15) is 72.3 Å². The number of amides is 2. The number of halogens is 2. The Morgan fingerprint density at radius 1 is 0.711 bits per heavy atom. The minimum atomic E-state index is -0.582. The molecule has 0 bridgehead atoms. The third-order valence-electron chi connectivity index (χ3n) is 7.74. The zero-order valence-corrected chi connectivity index (χ0v) is 26.0. The van der Waals surface area contributed by atoms with Crippen LogP contribution in [0, 0.1) is 0 Å². The van der Waals surface area contributed by atoms with Crippen molar-refractivity contribution in [3.8, 4) is 11.4 Å². The third-order valence-corrected chi connectivity index (χ3v) is 8.21. The van der Waals surface area contributed by atoms with E-state index >= 15 is 0 Å². The first kappa shape index (κ1) is 30.4. The Kier molecular flexibility index (Phi) is 8.34. The van der Waals surface area contributed by atoms with Crippen molar-refractivity contribution in [2.45, 2.75) is 32.4 Å². The van der Waals surface area contributed by atoms with E-state index in [1.54, 1.807) is 59.6 Å². The molecular formula is C31H28Cl2N6O6. The first-order chi connectivity index (χ1) is 21.6. The molecule has 2 aromatic heterocycles. The van der Waals surface area contributed by atoms with E-state index < -0.39 is 11.9 Å². The fraction of sp³-hybridized carbons (Fsp3) is 0.290.